The molecule has 0 spiro atoms. The first-order chi connectivity index (χ1) is 5.59. The van der Waals surface area contributed by atoms with Crippen LogP contribution in [0.25, 0.3) is 0 Å². The van der Waals surface area contributed by atoms with E-state index in [-0.39, 0.29) is 18.5 Å². The molecule has 2 amide bonds. The summed E-state index contributed by atoms with van der Waals surface area (Å²) in [6.07, 6.45) is -0.173. The van der Waals surface area contributed by atoms with E-state index in [4.69, 9.17) is 5.11 Å². The van der Waals surface area contributed by atoms with Crippen LogP contribution < -0.4 is 10.6 Å². The van der Waals surface area contributed by atoms with Crippen LogP contribution in [0, 0.1) is 5.92 Å². The van der Waals surface area contributed by atoms with Gasteiger partial charge in [-0.1, -0.05) is 6.92 Å². The molecule has 1 aliphatic carbocycles. The predicted octanol–water partition coefficient (Wildman–Crippen LogP) is -0.221. The Kier molecular flexibility index (Phi) is 2.52. The Morgan fingerprint density at radius 1 is 1.58 bits per heavy atom. The minimum atomic E-state index is -1.17. The maximum atomic E-state index is 10.9. The van der Waals surface area contributed by atoms with Gasteiger partial charge in [-0.3, -0.25) is 4.79 Å². The molecule has 68 valence electrons. The molecule has 3 N–H and O–H groups in total. The number of carboxylic acid groups (broad SMARTS) is 1. The SMILES string of the molecule is CC1CC1NC(=O)CNC(=O)O. The maximum Gasteiger partial charge on any atom is 0.405 e. The highest BCUT2D eigenvalue weighted by molar-refractivity contribution is 5.82. The molecular weight excluding hydrogens is 160 g/mol. The number of rotatable bonds is 3. The number of amides is 2. The molecule has 0 aromatic carbocycles. The van der Waals surface area contributed by atoms with Gasteiger partial charge in [0.05, 0.1) is 6.54 Å². The second-order valence-corrected chi connectivity index (χ2v) is 3.05. The molecule has 12 heavy (non-hydrogen) atoms. The van der Waals surface area contributed by atoms with Gasteiger partial charge in [-0.25, -0.2) is 4.79 Å². The fraction of sp³-hybridized carbons (Fsp3) is 0.714. The van der Waals surface area contributed by atoms with E-state index < -0.39 is 6.09 Å². The molecule has 2 unspecified atom stereocenters. The van der Waals surface area contributed by atoms with E-state index in [1.807, 2.05) is 12.2 Å². The quantitative estimate of drug-likeness (QED) is 0.550. The maximum absolute atomic E-state index is 10.9. The third-order valence-electron chi connectivity index (χ3n) is 1.86. The van der Waals surface area contributed by atoms with Crippen molar-refractivity contribution in [2.75, 3.05) is 6.54 Å². The van der Waals surface area contributed by atoms with Gasteiger partial charge in [0, 0.05) is 6.04 Å². The third kappa shape index (κ3) is 2.77. The van der Waals surface area contributed by atoms with Crippen LogP contribution in [0.4, 0.5) is 4.79 Å². The molecule has 2 atom stereocenters. The average molecular weight is 172 g/mol. The van der Waals surface area contributed by atoms with E-state index >= 15 is 0 Å². The fourth-order valence-corrected chi connectivity index (χ4v) is 0.937. The lowest BCUT2D eigenvalue weighted by molar-refractivity contribution is -0.120. The van der Waals surface area contributed by atoms with Gasteiger partial charge in [-0.15, -0.1) is 0 Å². The molecule has 0 aromatic rings. The Morgan fingerprint density at radius 2 is 2.17 bits per heavy atom. The van der Waals surface area contributed by atoms with E-state index in [2.05, 4.69) is 5.32 Å². The Balaban J connectivity index is 2.08. The fourth-order valence-electron chi connectivity index (χ4n) is 0.937. The molecule has 0 aromatic heterocycles. The van der Waals surface area contributed by atoms with E-state index in [0.29, 0.717) is 5.92 Å². The van der Waals surface area contributed by atoms with Gasteiger partial charge in [0.25, 0.3) is 0 Å². The molecular formula is C7H12N2O3. The molecule has 5 nitrogen and oxygen atoms in total. The van der Waals surface area contributed by atoms with Crippen LogP contribution >= 0.6 is 0 Å². The number of carbonyl (C=O) groups excluding carboxylic acids is 1. The van der Waals surface area contributed by atoms with Gasteiger partial charge in [0.2, 0.25) is 5.91 Å². The monoisotopic (exact) mass is 172 g/mol. The zero-order valence-electron chi connectivity index (χ0n) is 6.83. The highest BCUT2D eigenvalue weighted by Crippen LogP contribution is 2.28. The van der Waals surface area contributed by atoms with E-state index in [0.717, 1.165) is 6.42 Å². The molecule has 5 heteroatoms. The van der Waals surface area contributed by atoms with Crippen molar-refractivity contribution in [2.24, 2.45) is 5.92 Å². The van der Waals surface area contributed by atoms with Crippen molar-refractivity contribution in [3.63, 3.8) is 0 Å². The summed E-state index contributed by atoms with van der Waals surface area (Å²) in [6, 6.07) is 0.257. The largest absolute Gasteiger partial charge is 0.465 e. The molecule has 0 saturated heterocycles. The van der Waals surface area contributed by atoms with Gasteiger partial charge < -0.3 is 15.7 Å². The topological polar surface area (TPSA) is 78.4 Å². The minimum absolute atomic E-state index is 0.154. The van der Waals surface area contributed by atoms with Crippen molar-refractivity contribution in [3.8, 4) is 0 Å². The first kappa shape index (κ1) is 8.83. The minimum Gasteiger partial charge on any atom is -0.465 e. The molecule has 1 fully saturated rings. The lowest BCUT2D eigenvalue weighted by atomic mass is 10.4. The lowest BCUT2D eigenvalue weighted by Gasteiger charge is -2.02. The standard InChI is InChI=1S/C7H12N2O3/c1-4-2-5(4)9-6(10)3-8-7(11)12/h4-5,8H,2-3H2,1H3,(H,9,10)(H,11,12). The van der Waals surface area contributed by atoms with Gasteiger partial charge in [0.1, 0.15) is 0 Å². The lowest BCUT2D eigenvalue weighted by Crippen LogP contribution is -2.37. The summed E-state index contributed by atoms with van der Waals surface area (Å²) in [6.45, 7) is 1.88. The summed E-state index contributed by atoms with van der Waals surface area (Å²) in [5, 5.41) is 12.9. The number of carbonyl (C=O) groups is 2. The summed E-state index contributed by atoms with van der Waals surface area (Å²) in [7, 11) is 0. The summed E-state index contributed by atoms with van der Waals surface area (Å²) in [5.74, 6) is 0.283. The van der Waals surface area contributed by atoms with Crippen LogP contribution in [-0.4, -0.2) is 29.7 Å². The average Bonchev–Trinajstić information content (AvgIpc) is 2.62. The first-order valence-corrected chi connectivity index (χ1v) is 3.85. The van der Waals surface area contributed by atoms with E-state index in [9.17, 15) is 9.59 Å². The first-order valence-electron chi connectivity index (χ1n) is 3.85. The van der Waals surface area contributed by atoms with E-state index in [1.165, 1.54) is 0 Å². The van der Waals surface area contributed by atoms with Gasteiger partial charge in [0.15, 0.2) is 0 Å². The third-order valence-corrected chi connectivity index (χ3v) is 1.86. The van der Waals surface area contributed by atoms with Crippen molar-refractivity contribution >= 4 is 12.0 Å². The van der Waals surface area contributed by atoms with Crippen molar-refractivity contribution < 1.29 is 14.7 Å². The Labute approximate surface area is 70.1 Å². The molecule has 0 aliphatic heterocycles. The second kappa shape index (κ2) is 3.42. The predicted molar refractivity (Wildman–Crippen MR) is 41.7 cm³/mol. The molecule has 1 saturated carbocycles. The molecule has 0 bridgehead atoms. The van der Waals surface area contributed by atoms with E-state index in [1.54, 1.807) is 0 Å². The highest BCUT2D eigenvalue weighted by Gasteiger charge is 2.33. The normalized spacial score (nSPS) is 26.1. The Bertz CT molecular complexity index is 205. The second-order valence-electron chi connectivity index (χ2n) is 3.05. The number of hydrogen-bond acceptors (Lipinski definition) is 2. The Morgan fingerprint density at radius 3 is 2.58 bits per heavy atom. The van der Waals surface area contributed by atoms with Crippen molar-refractivity contribution in [2.45, 2.75) is 19.4 Å². The Hall–Kier alpha value is -1.26. The summed E-state index contributed by atoms with van der Waals surface area (Å²) < 4.78 is 0. The van der Waals surface area contributed by atoms with Crippen molar-refractivity contribution in [1.29, 1.82) is 0 Å². The van der Waals surface area contributed by atoms with Crippen LogP contribution in [0.1, 0.15) is 13.3 Å². The van der Waals surface area contributed by atoms with Crippen molar-refractivity contribution in [1.82, 2.24) is 10.6 Å². The van der Waals surface area contributed by atoms with Gasteiger partial charge in [-0.2, -0.15) is 0 Å². The van der Waals surface area contributed by atoms with Crippen LogP contribution in [0.5, 0.6) is 0 Å². The highest BCUT2D eigenvalue weighted by atomic mass is 16.4. The smallest absolute Gasteiger partial charge is 0.405 e. The summed E-state index contributed by atoms with van der Waals surface area (Å²) >= 11 is 0. The van der Waals surface area contributed by atoms with Crippen LogP contribution in [0.2, 0.25) is 0 Å². The molecule has 0 heterocycles. The number of nitrogens with one attached hydrogen (secondary N) is 2. The molecule has 1 rings (SSSR count). The van der Waals surface area contributed by atoms with Crippen LogP contribution in [0.15, 0.2) is 0 Å². The van der Waals surface area contributed by atoms with Gasteiger partial charge in [-0.05, 0) is 12.3 Å². The summed E-state index contributed by atoms with van der Waals surface area (Å²) in [4.78, 5) is 20.9. The zero-order valence-corrected chi connectivity index (χ0v) is 6.83. The van der Waals surface area contributed by atoms with Crippen molar-refractivity contribution in [3.05, 3.63) is 0 Å². The van der Waals surface area contributed by atoms with Crippen LogP contribution in [0.3, 0.4) is 0 Å². The zero-order chi connectivity index (χ0) is 9.14. The molecule has 0 radical (unpaired) electrons. The van der Waals surface area contributed by atoms with Gasteiger partial charge >= 0.3 is 6.09 Å². The summed E-state index contributed by atoms with van der Waals surface area (Å²) in [5.41, 5.74) is 0. The number of hydrogen-bond donors (Lipinski definition) is 3. The van der Waals surface area contributed by atoms with Crippen LogP contribution in [-0.2, 0) is 4.79 Å². The molecule has 1 aliphatic rings.